The maximum Gasteiger partial charge on any atom is 0.213 e. The van der Waals surface area contributed by atoms with Gasteiger partial charge in [0.05, 0.1) is 31.7 Å². The number of sulfone groups is 1. The minimum absolute atomic E-state index is 0.132. The molecule has 1 N–H and O–H groups in total. The first-order chi connectivity index (χ1) is 13.1. The average molecular weight is 424 g/mol. The fourth-order valence-electron chi connectivity index (χ4n) is 3.05. The first kappa shape index (κ1) is 19.3. The lowest BCUT2D eigenvalue weighted by atomic mass is 10.1. The van der Waals surface area contributed by atoms with E-state index in [1.807, 2.05) is 6.92 Å². The molecule has 2 aromatic heterocycles. The van der Waals surface area contributed by atoms with Crippen molar-refractivity contribution in [3.8, 4) is 17.0 Å². The molecule has 1 aliphatic rings. The number of aryl methyl sites for hydroxylation is 1. The molecular weight excluding hydrogens is 402 g/mol. The van der Waals surface area contributed by atoms with Gasteiger partial charge in [0.15, 0.2) is 9.84 Å². The quantitative estimate of drug-likeness (QED) is 0.671. The molecule has 28 heavy (non-hydrogen) atoms. The summed E-state index contributed by atoms with van der Waals surface area (Å²) in [5, 5.41) is 14.7. The van der Waals surface area contributed by atoms with E-state index < -0.39 is 20.7 Å². The number of imidazole rings is 1. The lowest BCUT2D eigenvalue weighted by molar-refractivity contribution is 0.0415. The van der Waals surface area contributed by atoms with Gasteiger partial charge in [0.2, 0.25) is 4.96 Å². The third-order valence-corrected chi connectivity index (χ3v) is 7.99. The highest BCUT2D eigenvalue weighted by molar-refractivity contribution is 7.92. The van der Waals surface area contributed by atoms with E-state index in [1.54, 1.807) is 36.6 Å². The second-order valence-corrected chi connectivity index (χ2v) is 10.4. The van der Waals surface area contributed by atoms with E-state index in [0.717, 1.165) is 5.69 Å². The van der Waals surface area contributed by atoms with E-state index in [2.05, 4.69) is 10.1 Å². The van der Waals surface area contributed by atoms with Gasteiger partial charge in [0.25, 0.3) is 0 Å². The molecule has 0 aliphatic carbocycles. The number of aromatic nitrogens is 3. The van der Waals surface area contributed by atoms with Gasteiger partial charge >= 0.3 is 0 Å². The van der Waals surface area contributed by atoms with Crippen molar-refractivity contribution in [3.05, 3.63) is 28.9 Å². The summed E-state index contributed by atoms with van der Waals surface area (Å²) >= 11 is 1.30. The predicted octanol–water partition coefficient (Wildman–Crippen LogP) is 2.17. The summed E-state index contributed by atoms with van der Waals surface area (Å²) in [5.41, 5.74) is 0.985. The maximum absolute atomic E-state index is 13.0. The molecule has 3 aromatic rings. The van der Waals surface area contributed by atoms with Crippen LogP contribution in [0.5, 0.6) is 5.75 Å². The molecule has 4 rings (SSSR count). The Morgan fingerprint density at radius 1 is 1.36 bits per heavy atom. The Balaban J connectivity index is 1.89. The van der Waals surface area contributed by atoms with Gasteiger partial charge in [-0.25, -0.2) is 17.9 Å². The summed E-state index contributed by atoms with van der Waals surface area (Å²) in [6, 6.07) is 5.03. The van der Waals surface area contributed by atoms with E-state index in [4.69, 9.17) is 9.47 Å². The number of benzene rings is 1. The zero-order chi connectivity index (χ0) is 20.3. The fraction of sp³-hybridized carbons (Fsp3) is 0.444. The molecule has 10 heteroatoms. The minimum Gasteiger partial charge on any atom is -0.495 e. The monoisotopic (exact) mass is 423 g/mol. The molecule has 1 fully saturated rings. The van der Waals surface area contributed by atoms with Crippen LogP contribution in [0.25, 0.3) is 16.2 Å². The summed E-state index contributed by atoms with van der Waals surface area (Å²) in [4.78, 5) is 5.30. The summed E-state index contributed by atoms with van der Waals surface area (Å²) in [6.07, 6.45) is 0. The van der Waals surface area contributed by atoms with Crippen molar-refractivity contribution < 1.29 is 23.0 Å². The SMILES string of the molecule is COc1ccc(-c2c(C)nc3sc(C(C)(C)O)nn23)cc1S(=O)(=O)C1COC1. The van der Waals surface area contributed by atoms with E-state index in [-0.39, 0.29) is 18.1 Å². The first-order valence-corrected chi connectivity index (χ1v) is 11.1. The van der Waals surface area contributed by atoms with Crippen molar-refractivity contribution in [2.24, 2.45) is 0 Å². The van der Waals surface area contributed by atoms with Gasteiger partial charge in [0, 0.05) is 5.56 Å². The van der Waals surface area contributed by atoms with E-state index in [1.165, 1.54) is 18.4 Å². The summed E-state index contributed by atoms with van der Waals surface area (Å²) in [5.74, 6) is 0.296. The van der Waals surface area contributed by atoms with Crippen LogP contribution >= 0.6 is 11.3 Å². The van der Waals surface area contributed by atoms with Gasteiger partial charge in [-0.2, -0.15) is 5.10 Å². The largest absolute Gasteiger partial charge is 0.495 e. The minimum atomic E-state index is -3.58. The smallest absolute Gasteiger partial charge is 0.213 e. The number of rotatable bonds is 5. The van der Waals surface area contributed by atoms with E-state index in [9.17, 15) is 13.5 Å². The number of nitrogens with zero attached hydrogens (tertiary/aromatic N) is 3. The second kappa shape index (κ2) is 6.51. The molecule has 8 nitrogen and oxygen atoms in total. The molecule has 3 heterocycles. The van der Waals surface area contributed by atoms with Gasteiger partial charge in [-0.15, -0.1) is 0 Å². The lowest BCUT2D eigenvalue weighted by Gasteiger charge is -2.26. The molecule has 1 aliphatic heterocycles. The van der Waals surface area contributed by atoms with Gasteiger partial charge in [-0.1, -0.05) is 11.3 Å². The third kappa shape index (κ3) is 3.00. The van der Waals surface area contributed by atoms with Crippen LogP contribution in [0.1, 0.15) is 24.5 Å². The van der Waals surface area contributed by atoms with Crippen LogP contribution in [-0.4, -0.2) is 53.7 Å². The Bertz CT molecular complexity index is 1150. The van der Waals surface area contributed by atoms with Crippen molar-refractivity contribution in [2.45, 2.75) is 36.5 Å². The van der Waals surface area contributed by atoms with Crippen molar-refractivity contribution in [2.75, 3.05) is 20.3 Å². The van der Waals surface area contributed by atoms with Crippen LogP contribution < -0.4 is 4.74 Å². The topological polar surface area (TPSA) is 103 Å². The number of methoxy groups -OCH3 is 1. The molecule has 1 aromatic carbocycles. The van der Waals surface area contributed by atoms with Crippen LogP contribution in [0.2, 0.25) is 0 Å². The number of aliphatic hydroxyl groups is 1. The molecule has 0 bridgehead atoms. The van der Waals surface area contributed by atoms with Gasteiger partial charge in [-0.05, 0) is 39.0 Å². The normalized spacial score (nSPS) is 15.8. The molecule has 0 atom stereocenters. The Morgan fingerprint density at radius 3 is 2.64 bits per heavy atom. The van der Waals surface area contributed by atoms with Crippen LogP contribution in [0.15, 0.2) is 23.1 Å². The first-order valence-electron chi connectivity index (χ1n) is 8.72. The number of hydrogen-bond donors (Lipinski definition) is 1. The van der Waals surface area contributed by atoms with Crippen molar-refractivity contribution in [1.82, 2.24) is 14.6 Å². The predicted molar refractivity (Wildman–Crippen MR) is 105 cm³/mol. The van der Waals surface area contributed by atoms with Crippen molar-refractivity contribution >= 4 is 26.1 Å². The highest BCUT2D eigenvalue weighted by Gasteiger charge is 2.36. The van der Waals surface area contributed by atoms with E-state index >= 15 is 0 Å². The Hall–Kier alpha value is -2.01. The Labute approximate surface area is 166 Å². The van der Waals surface area contributed by atoms with E-state index in [0.29, 0.717) is 27.0 Å². The number of hydrogen-bond acceptors (Lipinski definition) is 8. The fourth-order valence-corrected chi connectivity index (χ4v) is 5.63. The molecule has 1 saturated heterocycles. The van der Waals surface area contributed by atoms with Gasteiger partial charge in [0.1, 0.15) is 26.5 Å². The van der Waals surface area contributed by atoms with Crippen molar-refractivity contribution in [3.63, 3.8) is 0 Å². The lowest BCUT2D eigenvalue weighted by Crippen LogP contribution is -2.40. The zero-order valence-electron chi connectivity index (χ0n) is 16.0. The molecule has 0 spiro atoms. The van der Waals surface area contributed by atoms with Gasteiger partial charge in [-0.3, -0.25) is 0 Å². The highest BCUT2D eigenvalue weighted by Crippen LogP contribution is 2.36. The number of ether oxygens (including phenoxy) is 2. The second-order valence-electron chi connectivity index (χ2n) is 7.28. The average Bonchev–Trinajstić information content (AvgIpc) is 3.08. The molecule has 0 radical (unpaired) electrons. The molecular formula is C18H21N3O5S2. The number of fused-ring (bicyclic) bond motifs is 1. The standard InChI is InChI=1S/C18H21N3O5S2/c1-10-15(21-17(19-10)27-16(20-21)18(2,3)22)11-5-6-13(25-4)14(7-11)28(23,24)12-8-26-9-12/h5-7,12,22H,8-9H2,1-4H3. The van der Waals surface area contributed by atoms with Crippen molar-refractivity contribution in [1.29, 1.82) is 0 Å². The summed E-state index contributed by atoms with van der Waals surface area (Å²) in [7, 11) is -2.13. The summed E-state index contributed by atoms with van der Waals surface area (Å²) < 4.78 is 38.0. The van der Waals surface area contributed by atoms with Crippen LogP contribution in [0.3, 0.4) is 0 Å². The highest BCUT2D eigenvalue weighted by atomic mass is 32.2. The molecule has 150 valence electrons. The molecule has 0 saturated carbocycles. The van der Waals surface area contributed by atoms with Crippen LogP contribution in [0, 0.1) is 6.92 Å². The van der Waals surface area contributed by atoms with Crippen LogP contribution in [0.4, 0.5) is 0 Å². The zero-order valence-corrected chi connectivity index (χ0v) is 17.6. The molecule has 0 unspecified atom stereocenters. The van der Waals surface area contributed by atoms with Crippen LogP contribution in [-0.2, 0) is 20.2 Å². The summed E-state index contributed by atoms with van der Waals surface area (Å²) in [6.45, 7) is 5.55. The Morgan fingerprint density at radius 2 is 2.07 bits per heavy atom. The maximum atomic E-state index is 13.0. The Kier molecular flexibility index (Phi) is 4.49. The van der Waals surface area contributed by atoms with Gasteiger partial charge < -0.3 is 14.6 Å². The molecule has 0 amide bonds. The third-order valence-electron chi connectivity index (χ3n) is 4.69.